The largest absolute Gasteiger partial charge is 0.275 e. The van der Waals surface area contributed by atoms with Gasteiger partial charge in [0.2, 0.25) is 0 Å². The van der Waals surface area contributed by atoms with Crippen LogP contribution in [0, 0.1) is 13.8 Å². The lowest BCUT2D eigenvalue weighted by Crippen LogP contribution is -1.95. The minimum absolute atomic E-state index is 0.987. The molecule has 0 saturated carbocycles. The Labute approximate surface area is 105 Å². The fourth-order valence-electron chi connectivity index (χ4n) is 2.35. The van der Waals surface area contributed by atoms with Crippen LogP contribution in [0.15, 0.2) is 30.7 Å². The molecule has 3 rings (SSSR count). The van der Waals surface area contributed by atoms with Gasteiger partial charge in [0.15, 0.2) is 0 Å². The van der Waals surface area contributed by atoms with E-state index in [1.54, 1.807) is 6.33 Å². The van der Waals surface area contributed by atoms with Gasteiger partial charge in [-0.2, -0.15) is 5.10 Å². The summed E-state index contributed by atoms with van der Waals surface area (Å²) in [6.07, 6.45) is 3.63. The maximum Gasteiger partial charge on any atom is 0.115 e. The van der Waals surface area contributed by atoms with Gasteiger partial charge >= 0.3 is 0 Å². The molecule has 0 aliphatic rings. The summed E-state index contributed by atoms with van der Waals surface area (Å²) in [6.45, 7) is 4.01. The topological polar surface area (TPSA) is 43.6 Å². The van der Waals surface area contributed by atoms with Gasteiger partial charge in [-0.15, -0.1) is 0 Å². The van der Waals surface area contributed by atoms with Gasteiger partial charge in [0.25, 0.3) is 0 Å². The van der Waals surface area contributed by atoms with E-state index in [1.807, 2.05) is 37.8 Å². The second-order valence-electron chi connectivity index (χ2n) is 4.47. The van der Waals surface area contributed by atoms with Gasteiger partial charge in [0.1, 0.15) is 11.8 Å². The molecule has 0 unspecified atom stereocenters. The number of hydrogen-bond donors (Lipinski definition) is 0. The van der Waals surface area contributed by atoms with E-state index in [9.17, 15) is 0 Å². The maximum atomic E-state index is 4.53. The number of fused-ring (bicyclic) bond motifs is 1. The summed E-state index contributed by atoms with van der Waals surface area (Å²) in [5.74, 6) is 0. The highest BCUT2D eigenvalue weighted by molar-refractivity contribution is 5.94. The van der Waals surface area contributed by atoms with Crippen molar-refractivity contribution < 1.29 is 0 Å². The van der Waals surface area contributed by atoms with E-state index in [0.717, 1.165) is 33.4 Å². The van der Waals surface area contributed by atoms with Crippen molar-refractivity contribution in [3.8, 4) is 11.1 Å². The lowest BCUT2D eigenvalue weighted by molar-refractivity contribution is 0.780. The zero-order chi connectivity index (χ0) is 12.7. The van der Waals surface area contributed by atoms with Crippen LogP contribution in [0.25, 0.3) is 22.0 Å². The summed E-state index contributed by atoms with van der Waals surface area (Å²) >= 11 is 0. The average molecular weight is 238 g/mol. The first-order valence-electron chi connectivity index (χ1n) is 5.88. The lowest BCUT2D eigenvalue weighted by Gasteiger charge is -2.08. The van der Waals surface area contributed by atoms with E-state index in [-0.39, 0.29) is 0 Å². The highest BCUT2D eigenvalue weighted by Crippen LogP contribution is 2.30. The first-order chi connectivity index (χ1) is 8.66. The van der Waals surface area contributed by atoms with Gasteiger partial charge in [0, 0.05) is 41.1 Å². The second kappa shape index (κ2) is 3.91. The number of benzene rings is 1. The molecule has 0 radical (unpaired) electrons. The zero-order valence-corrected chi connectivity index (χ0v) is 10.7. The molecule has 0 aliphatic heterocycles. The third-order valence-corrected chi connectivity index (χ3v) is 3.15. The minimum atomic E-state index is 0.987. The van der Waals surface area contributed by atoms with Gasteiger partial charge in [-0.3, -0.25) is 4.68 Å². The summed E-state index contributed by atoms with van der Waals surface area (Å²) in [7, 11) is 1.94. The molecule has 4 heteroatoms. The molecule has 0 saturated heterocycles. The molecule has 18 heavy (non-hydrogen) atoms. The normalized spacial score (nSPS) is 11.1. The van der Waals surface area contributed by atoms with E-state index < -0.39 is 0 Å². The van der Waals surface area contributed by atoms with E-state index in [2.05, 4.69) is 27.2 Å². The van der Waals surface area contributed by atoms with Crippen LogP contribution in [-0.2, 0) is 7.05 Å². The van der Waals surface area contributed by atoms with Crippen molar-refractivity contribution in [3.05, 3.63) is 42.1 Å². The SMILES string of the molecule is Cc1ncnc(C)c1-c1cccc2cn(C)nc12. The highest BCUT2D eigenvalue weighted by Gasteiger charge is 2.12. The van der Waals surface area contributed by atoms with Crippen molar-refractivity contribution in [2.45, 2.75) is 13.8 Å². The zero-order valence-electron chi connectivity index (χ0n) is 10.7. The Bertz CT molecular complexity index is 707. The second-order valence-corrected chi connectivity index (χ2v) is 4.47. The Kier molecular flexibility index (Phi) is 2.37. The quantitative estimate of drug-likeness (QED) is 0.654. The molecule has 0 fully saturated rings. The van der Waals surface area contributed by atoms with Crippen molar-refractivity contribution in [2.75, 3.05) is 0 Å². The summed E-state index contributed by atoms with van der Waals surface area (Å²) in [5, 5.41) is 5.67. The summed E-state index contributed by atoms with van der Waals surface area (Å²) in [5.41, 5.74) is 5.16. The lowest BCUT2D eigenvalue weighted by atomic mass is 10.0. The van der Waals surface area contributed by atoms with Crippen LogP contribution in [0.4, 0.5) is 0 Å². The van der Waals surface area contributed by atoms with Gasteiger partial charge in [-0.25, -0.2) is 9.97 Å². The third kappa shape index (κ3) is 1.57. The van der Waals surface area contributed by atoms with Crippen LogP contribution >= 0.6 is 0 Å². The highest BCUT2D eigenvalue weighted by atomic mass is 15.2. The fourth-order valence-corrected chi connectivity index (χ4v) is 2.35. The first-order valence-corrected chi connectivity index (χ1v) is 5.88. The molecule has 2 heterocycles. The molecular formula is C14H14N4. The Morgan fingerprint density at radius 1 is 1.06 bits per heavy atom. The molecule has 0 spiro atoms. The third-order valence-electron chi connectivity index (χ3n) is 3.15. The van der Waals surface area contributed by atoms with Crippen LogP contribution < -0.4 is 0 Å². The predicted molar refractivity (Wildman–Crippen MR) is 71.2 cm³/mol. The molecule has 1 aromatic carbocycles. The Balaban J connectivity index is 2.38. The fraction of sp³-hybridized carbons (Fsp3) is 0.214. The van der Waals surface area contributed by atoms with E-state index in [1.165, 1.54) is 0 Å². The minimum Gasteiger partial charge on any atom is -0.275 e. The first kappa shape index (κ1) is 10.9. The molecule has 0 aliphatic carbocycles. The molecule has 90 valence electrons. The Hall–Kier alpha value is -2.23. The van der Waals surface area contributed by atoms with Gasteiger partial charge in [0.05, 0.1) is 0 Å². The Morgan fingerprint density at radius 2 is 1.78 bits per heavy atom. The summed E-state index contributed by atoms with van der Waals surface area (Å²) in [6, 6.07) is 6.19. The number of aryl methyl sites for hydroxylation is 3. The van der Waals surface area contributed by atoms with Gasteiger partial charge in [-0.1, -0.05) is 18.2 Å². The number of nitrogens with zero attached hydrogens (tertiary/aromatic N) is 4. The molecule has 0 atom stereocenters. The monoisotopic (exact) mass is 238 g/mol. The number of hydrogen-bond acceptors (Lipinski definition) is 3. The van der Waals surface area contributed by atoms with Gasteiger partial charge < -0.3 is 0 Å². The summed E-state index contributed by atoms with van der Waals surface area (Å²) < 4.78 is 1.84. The molecule has 3 aromatic rings. The number of rotatable bonds is 1. The molecule has 4 nitrogen and oxygen atoms in total. The van der Waals surface area contributed by atoms with Gasteiger partial charge in [-0.05, 0) is 13.8 Å². The molecule has 2 aromatic heterocycles. The molecule has 0 amide bonds. The molecule has 0 N–H and O–H groups in total. The standard InChI is InChI=1S/C14H14N4/c1-9-13(10(2)16-8-15-9)12-6-4-5-11-7-18(3)17-14(11)12/h4-8H,1-3H3. The van der Waals surface area contributed by atoms with Crippen molar-refractivity contribution in [3.63, 3.8) is 0 Å². The van der Waals surface area contributed by atoms with Crippen molar-refractivity contribution in [1.29, 1.82) is 0 Å². The molecular weight excluding hydrogens is 224 g/mol. The summed E-state index contributed by atoms with van der Waals surface area (Å²) in [4.78, 5) is 8.57. The molecule has 0 bridgehead atoms. The van der Waals surface area contributed by atoms with Crippen molar-refractivity contribution >= 4 is 10.9 Å². The average Bonchev–Trinajstić information content (AvgIpc) is 2.70. The van der Waals surface area contributed by atoms with E-state index in [0.29, 0.717) is 0 Å². The van der Waals surface area contributed by atoms with Crippen LogP contribution in [-0.4, -0.2) is 19.7 Å². The van der Waals surface area contributed by atoms with Crippen molar-refractivity contribution in [1.82, 2.24) is 19.7 Å². The predicted octanol–water partition coefficient (Wildman–Crippen LogP) is 2.65. The Morgan fingerprint density at radius 3 is 2.50 bits per heavy atom. The van der Waals surface area contributed by atoms with Crippen LogP contribution in [0.2, 0.25) is 0 Å². The van der Waals surface area contributed by atoms with E-state index >= 15 is 0 Å². The smallest absolute Gasteiger partial charge is 0.115 e. The van der Waals surface area contributed by atoms with E-state index in [4.69, 9.17) is 0 Å². The van der Waals surface area contributed by atoms with Crippen LogP contribution in [0.3, 0.4) is 0 Å². The number of aromatic nitrogens is 4. The maximum absolute atomic E-state index is 4.53. The van der Waals surface area contributed by atoms with Crippen LogP contribution in [0.5, 0.6) is 0 Å². The van der Waals surface area contributed by atoms with Crippen LogP contribution in [0.1, 0.15) is 11.4 Å². The van der Waals surface area contributed by atoms with Crippen molar-refractivity contribution in [2.24, 2.45) is 7.05 Å².